The minimum absolute atomic E-state index is 0.265. The normalized spacial score (nSPS) is 12.1. The number of aryl methyl sites for hydroxylation is 1. The van der Waals surface area contributed by atoms with Crippen molar-refractivity contribution < 1.29 is 13.2 Å². The maximum absolute atomic E-state index is 12.9. The number of aromatic nitrogens is 1. The molecule has 0 unspecified atom stereocenters. The first-order valence-electron chi connectivity index (χ1n) is 4.99. The largest absolute Gasteiger partial charge is 0.431 e. The Morgan fingerprint density at radius 1 is 1.18 bits per heavy atom. The number of alkyl halides is 3. The monoisotopic (exact) mass is 241 g/mol. The van der Waals surface area contributed by atoms with E-state index in [0.717, 1.165) is 4.57 Å². The maximum Gasteiger partial charge on any atom is 0.431 e. The van der Waals surface area contributed by atoms with Gasteiger partial charge in [-0.05, 0) is 19.1 Å². The molecule has 0 radical (unpaired) electrons. The van der Waals surface area contributed by atoms with Crippen LogP contribution in [0.15, 0.2) is 29.1 Å². The number of halogens is 3. The molecule has 5 heteroatoms. The molecule has 1 aromatic carbocycles. The quantitative estimate of drug-likeness (QED) is 0.695. The van der Waals surface area contributed by atoms with Crippen molar-refractivity contribution in [2.24, 2.45) is 7.05 Å². The van der Waals surface area contributed by atoms with E-state index in [4.69, 9.17) is 0 Å². The van der Waals surface area contributed by atoms with Crippen molar-refractivity contribution in [2.45, 2.75) is 13.1 Å². The summed E-state index contributed by atoms with van der Waals surface area (Å²) >= 11 is 0. The number of para-hydroxylation sites is 1. The van der Waals surface area contributed by atoms with Crippen LogP contribution in [0, 0.1) is 6.92 Å². The minimum Gasteiger partial charge on any atom is -0.340 e. The zero-order valence-corrected chi connectivity index (χ0v) is 9.30. The van der Waals surface area contributed by atoms with Gasteiger partial charge in [-0.2, -0.15) is 13.2 Å². The van der Waals surface area contributed by atoms with Gasteiger partial charge in [-0.15, -0.1) is 0 Å². The maximum atomic E-state index is 12.9. The number of fused-ring (bicyclic) bond motifs is 1. The van der Waals surface area contributed by atoms with Crippen LogP contribution in [0.1, 0.15) is 11.3 Å². The van der Waals surface area contributed by atoms with Gasteiger partial charge in [0.15, 0.2) is 5.43 Å². The van der Waals surface area contributed by atoms with E-state index in [2.05, 4.69) is 0 Å². The van der Waals surface area contributed by atoms with Crippen molar-refractivity contribution in [2.75, 3.05) is 0 Å². The summed E-state index contributed by atoms with van der Waals surface area (Å²) in [5.41, 5.74) is -1.43. The fourth-order valence-electron chi connectivity index (χ4n) is 2.04. The molecule has 17 heavy (non-hydrogen) atoms. The number of rotatable bonds is 0. The van der Waals surface area contributed by atoms with Gasteiger partial charge in [0, 0.05) is 18.0 Å². The third kappa shape index (κ3) is 1.71. The predicted molar refractivity (Wildman–Crippen MR) is 58.9 cm³/mol. The van der Waals surface area contributed by atoms with Crippen LogP contribution in [0.25, 0.3) is 10.9 Å². The van der Waals surface area contributed by atoms with Gasteiger partial charge >= 0.3 is 6.18 Å². The Hall–Kier alpha value is -1.78. The molecule has 0 fully saturated rings. The molecule has 2 rings (SSSR count). The Morgan fingerprint density at radius 3 is 2.35 bits per heavy atom. The molecular weight excluding hydrogens is 231 g/mol. The molecule has 1 aromatic heterocycles. The van der Waals surface area contributed by atoms with Crippen LogP contribution in [0.2, 0.25) is 0 Å². The second kappa shape index (κ2) is 3.61. The average molecular weight is 241 g/mol. The van der Waals surface area contributed by atoms with Crippen molar-refractivity contribution in [3.05, 3.63) is 45.7 Å². The van der Waals surface area contributed by atoms with Gasteiger partial charge in [0.05, 0.1) is 5.52 Å². The summed E-state index contributed by atoms with van der Waals surface area (Å²) in [4.78, 5) is 11.8. The standard InChI is InChI=1S/C12H10F3NO/c1-7-10(17)8-5-3-4-6-9(8)16(2)11(7)12(13,14)15/h3-6H,1-2H3. The van der Waals surface area contributed by atoms with Crippen molar-refractivity contribution >= 4 is 10.9 Å². The number of pyridine rings is 1. The zero-order valence-electron chi connectivity index (χ0n) is 9.30. The Labute approximate surface area is 95.3 Å². The van der Waals surface area contributed by atoms with E-state index in [1.807, 2.05) is 0 Å². The molecule has 1 heterocycles. The fourth-order valence-corrected chi connectivity index (χ4v) is 2.04. The van der Waals surface area contributed by atoms with Gasteiger partial charge < -0.3 is 4.57 Å². The molecule has 0 aliphatic rings. The summed E-state index contributed by atoms with van der Waals surface area (Å²) in [6, 6.07) is 6.28. The lowest BCUT2D eigenvalue weighted by Gasteiger charge is -2.17. The van der Waals surface area contributed by atoms with E-state index in [-0.39, 0.29) is 11.1 Å². The lowest BCUT2D eigenvalue weighted by Crippen LogP contribution is -2.23. The SMILES string of the molecule is Cc1c(C(F)(F)F)n(C)c2ccccc2c1=O. The van der Waals surface area contributed by atoms with Crippen LogP contribution in [-0.2, 0) is 13.2 Å². The highest BCUT2D eigenvalue weighted by Crippen LogP contribution is 2.31. The molecule has 2 aromatic rings. The number of hydrogen-bond acceptors (Lipinski definition) is 1. The van der Waals surface area contributed by atoms with E-state index in [9.17, 15) is 18.0 Å². The highest BCUT2D eigenvalue weighted by atomic mass is 19.4. The smallest absolute Gasteiger partial charge is 0.340 e. The molecule has 0 atom stereocenters. The van der Waals surface area contributed by atoms with Crippen molar-refractivity contribution in [3.8, 4) is 0 Å². The van der Waals surface area contributed by atoms with Crippen LogP contribution < -0.4 is 5.43 Å². The third-order valence-corrected chi connectivity index (χ3v) is 2.81. The van der Waals surface area contributed by atoms with Crippen LogP contribution in [-0.4, -0.2) is 4.57 Å². The second-order valence-electron chi connectivity index (χ2n) is 3.88. The fraction of sp³-hybridized carbons (Fsp3) is 0.250. The molecule has 0 bridgehead atoms. The molecule has 90 valence electrons. The molecule has 0 saturated carbocycles. The molecule has 0 saturated heterocycles. The first kappa shape index (κ1) is 11.7. The Bertz CT molecular complexity index is 640. The Kier molecular flexibility index (Phi) is 2.49. The molecule has 0 aliphatic carbocycles. The summed E-state index contributed by atoms with van der Waals surface area (Å²) in [6.45, 7) is 1.21. The van der Waals surface area contributed by atoms with E-state index < -0.39 is 17.3 Å². The van der Waals surface area contributed by atoms with Crippen LogP contribution in [0.3, 0.4) is 0 Å². The van der Waals surface area contributed by atoms with Crippen molar-refractivity contribution in [3.63, 3.8) is 0 Å². The van der Waals surface area contributed by atoms with Crippen LogP contribution >= 0.6 is 0 Å². The first-order valence-corrected chi connectivity index (χ1v) is 4.99. The van der Waals surface area contributed by atoms with Gasteiger partial charge in [0.2, 0.25) is 0 Å². The number of hydrogen-bond donors (Lipinski definition) is 0. The summed E-state index contributed by atoms with van der Waals surface area (Å²) in [5, 5.41) is 0.306. The van der Waals surface area contributed by atoms with Crippen molar-refractivity contribution in [1.82, 2.24) is 4.57 Å². The summed E-state index contributed by atoms with van der Waals surface area (Å²) in [7, 11) is 1.32. The lowest BCUT2D eigenvalue weighted by molar-refractivity contribution is -0.143. The summed E-state index contributed by atoms with van der Waals surface area (Å²) in [5.74, 6) is 0. The molecule has 0 N–H and O–H groups in total. The molecule has 2 nitrogen and oxygen atoms in total. The minimum atomic E-state index is -4.53. The van der Waals surface area contributed by atoms with Crippen LogP contribution in [0.4, 0.5) is 13.2 Å². The van der Waals surface area contributed by atoms with E-state index in [1.165, 1.54) is 26.1 Å². The van der Waals surface area contributed by atoms with Gasteiger partial charge in [-0.1, -0.05) is 12.1 Å². The molecular formula is C12H10F3NO. The van der Waals surface area contributed by atoms with E-state index in [1.54, 1.807) is 12.1 Å². The van der Waals surface area contributed by atoms with Gasteiger partial charge in [-0.25, -0.2) is 0 Å². The highest BCUT2D eigenvalue weighted by Gasteiger charge is 2.36. The summed E-state index contributed by atoms with van der Waals surface area (Å²) in [6.07, 6.45) is -4.53. The Morgan fingerprint density at radius 2 is 1.76 bits per heavy atom. The molecule has 0 spiro atoms. The van der Waals surface area contributed by atoms with Gasteiger partial charge in [0.25, 0.3) is 0 Å². The molecule has 0 amide bonds. The predicted octanol–water partition coefficient (Wildman–Crippen LogP) is 2.87. The van der Waals surface area contributed by atoms with Crippen molar-refractivity contribution in [1.29, 1.82) is 0 Å². The van der Waals surface area contributed by atoms with Crippen LogP contribution in [0.5, 0.6) is 0 Å². The van der Waals surface area contributed by atoms with Gasteiger partial charge in [0.1, 0.15) is 5.69 Å². The zero-order chi connectivity index (χ0) is 12.8. The van der Waals surface area contributed by atoms with E-state index in [0.29, 0.717) is 5.39 Å². The third-order valence-electron chi connectivity index (χ3n) is 2.81. The summed E-state index contributed by atoms with van der Waals surface area (Å²) < 4.78 is 39.6. The Balaban J connectivity index is 3.03. The number of benzene rings is 1. The number of nitrogens with zero attached hydrogens (tertiary/aromatic N) is 1. The molecule has 0 aliphatic heterocycles. The lowest BCUT2D eigenvalue weighted by atomic mass is 10.1. The highest BCUT2D eigenvalue weighted by molar-refractivity contribution is 5.80. The van der Waals surface area contributed by atoms with Gasteiger partial charge in [-0.3, -0.25) is 4.79 Å². The average Bonchev–Trinajstić information content (AvgIpc) is 2.24. The second-order valence-corrected chi connectivity index (χ2v) is 3.88. The first-order chi connectivity index (χ1) is 7.84. The topological polar surface area (TPSA) is 22.0 Å². The van der Waals surface area contributed by atoms with E-state index >= 15 is 0 Å².